The van der Waals surface area contributed by atoms with Crippen LogP contribution >= 0.6 is 11.8 Å². The van der Waals surface area contributed by atoms with Crippen LogP contribution in [0.2, 0.25) is 0 Å². The van der Waals surface area contributed by atoms with E-state index >= 15 is 0 Å². The van der Waals surface area contributed by atoms with E-state index < -0.39 is 0 Å². The number of nitrogens with zero attached hydrogens (tertiary/aromatic N) is 4. The van der Waals surface area contributed by atoms with Gasteiger partial charge in [-0.15, -0.1) is 0 Å². The summed E-state index contributed by atoms with van der Waals surface area (Å²) in [7, 11) is 0. The molecule has 1 N–H and O–H groups in total. The largest absolute Gasteiger partial charge is 0.339 e. The lowest BCUT2D eigenvalue weighted by atomic mass is 10.1. The van der Waals surface area contributed by atoms with Gasteiger partial charge in [0.15, 0.2) is 5.16 Å². The maximum absolute atomic E-state index is 12.8. The minimum Gasteiger partial charge on any atom is -0.339 e. The zero-order valence-electron chi connectivity index (χ0n) is 20.0. The smallest absolute Gasteiger partial charge is 0.238 e. The summed E-state index contributed by atoms with van der Waals surface area (Å²) in [5.41, 5.74) is 5.23. The van der Waals surface area contributed by atoms with Crippen LogP contribution in [0.15, 0.2) is 60.0 Å². The molecule has 0 spiro atoms. The first kappa shape index (κ1) is 24.0. The van der Waals surface area contributed by atoms with E-state index in [9.17, 15) is 9.59 Å². The SMILES string of the molecule is Cc1cccc(-n2ccnc2SCC(=O)N2CCN(CC(=O)Nc3c(C)cccc3C)CC2)c1. The molecule has 178 valence electrons. The van der Waals surface area contributed by atoms with E-state index in [2.05, 4.69) is 34.3 Å². The van der Waals surface area contributed by atoms with Crippen LogP contribution in [0, 0.1) is 20.8 Å². The van der Waals surface area contributed by atoms with E-state index in [4.69, 9.17) is 0 Å². The van der Waals surface area contributed by atoms with Gasteiger partial charge in [0.2, 0.25) is 11.8 Å². The van der Waals surface area contributed by atoms with E-state index in [-0.39, 0.29) is 11.8 Å². The second-order valence-electron chi connectivity index (χ2n) is 8.68. The fraction of sp³-hybridized carbons (Fsp3) is 0.346. The zero-order chi connectivity index (χ0) is 24.1. The number of aromatic nitrogens is 2. The molecule has 2 heterocycles. The standard InChI is InChI=1S/C26H31N5O2S/c1-19-6-4-9-22(16-19)31-11-10-27-26(31)34-18-24(33)30-14-12-29(13-15-30)17-23(32)28-25-20(2)7-5-8-21(25)3/h4-11,16H,12-15,17-18H2,1-3H3,(H,28,32). The molecule has 8 heteroatoms. The number of para-hydroxylation sites is 1. The van der Waals surface area contributed by atoms with E-state index in [1.165, 1.54) is 17.3 Å². The van der Waals surface area contributed by atoms with Crippen LogP contribution in [0.5, 0.6) is 0 Å². The molecule has 2 amide bonds. The van der Waals surface area contributed by atoms with Crippen molar-refractivity contribution in [2.24, 2.45) is 0 Å². The molecule has 1 aliphatic rings. The lowest BCUT2D eigenvalue weighted by Gasteiger charge is -2.34. The lowest BCUT2D eigenvalue weighted by molar-refractivity contribution is -0.130. The van der Waals surface area contributed by atoms with Crippen LogP contribution in [-0.4, -0.2) is 69.6 Å². The summed E-state index contributed by atoms with van der Waals surface area (Å²) in [4.78, 5) is 33.8. The Bertz CT molecular complexity index is 1150. The Morgan fingerprint density at radius 2 is 1.71 bits per heavy atom. The molecule has 1 aliphatic heterocycles. The van der Waals surface area contributed by atoms with Gasteiger partial charge in [-0.3, -0.25) is 19.1 Å². The third kappa shape index (κ3) is 5.87. The molecule has 2 aromatic carbocycles. The number of anilines is 1. The van der Waals surface area contributed by atoms with Gasteiger partial charge in [0, 0.05) is 49.9 Å². The highest BCUT2D eigenvalue weighted by Gasteiger charge is 2.23. The van der Waals surface area contributed by atoms with Gasteiger partial charge in [0.25, 0.3) is 0 Å². The van der Waals surface area contributed by atoms with Gasteiger partial charge in [0.1, 0.15) is 0 Å². The number of aryl methyl sites for hydroxylation is 3. The van der Waals surface area contributed by atoms with Crippen molar-refractivity contribution in [3.05, 3.63) is 71.5 Å². The molecule has 34 heavy (non-hydrogen) atoms. The number of rotatable bonds is 7. The molecule has 0 saturated carbocycles. The van der Waals surface area contributed by atoms with Crippen molar-refractivity contribution in [3.8, 4) is 5.69 Å². The average molecular weight is 478 g/mol. The fourth-order valence-corrected chi connectivity index (χ4v) is 5.01. The molecule has 0 atom stereocenters. The summed E-state index contributed by atoms with van der Waals surface area (Å²) in [6.07, 6.45) is 3.68. The molecule has 0 aliphatic carbocycles. The predicted molar refractivity (Wildman–Crippen MR) is 137 cm³/mol. The van der Waals surface area contributed by atoms with Crippen molar-refractivity contribution in [2.75, 3.05) is 43.8 Å². The average Bonchev–Trinajstić information content (AvgIpc) is 3.29. The molecule has 0 radical (unpaired) electrons. The van der Waals surface area contributed by atoms with Gasteiger partial charge < -0.3 is 10.2 Å². The summed E-state index contributed by atoms with van der Waals surface area (Å²) in [6, 6.07) is 14.2. The summed E-state index contributed by atoms with van der Waals surface area (Å²) in [6.45, 7) is 9.02. The summed E-state index contributed by atoms with van der Waals surface area (Å²) in [5, 5.41) is 3.85. The van der Waals surface area contributed by atoms with Gasteiger partial charge in [-0.05, 0) is 49.6 Å². The fourth-order valence-electron chi connectivity index (χ4n) is 4.14. The van der Waals surface area contributed by atoms with Crippen LogP contribution in [0.25, 0.3) is 5.69 Å². The molecule has 0 unspecified atom stereocenters. The molecular weight excluding hydrogens is 446 g/mol. The molecule has 1 fully saturated rings. The van der Waals surface area contributed by atoms with Crippen molar-refractivity contribution < 1.29 is 9.59 Å². The van der Waals surface area contributed by atoms with Crippen molar-refractivity contribution in [1.29, 1.82) is 0 Å². The van der Waals surface area contributed by atoms with Crippen LogP contribution in [0.3, 0.4) is 0 Å². The maximum Gasteiger partial charge on any atom is 0.238 e. The zero-order valence-corrected chi connectivity index (χ0v) is 20.8. The summed E-state index contributed by atoms with van der Waals surface area (Å²) >= 11 is 1.45. The first-order valence-corrected chi connectivity index (χ1v) is 12.5. The number of benzene rings is 2. The second-order valence-corrected chi connectivity index (χ2v) is 9.62. The molecule has 4 rings (SSSR count). The van der Waals surface area contributed by atoms with Crippen LogP contribution in [-0.2, 0) is 9.59 Å². The van der Waals surface area contributed by atoms with Crippen molar-refractivity contribution in [2.45, 2.75) is 25.9 Å². The number of imidazole rings is 1. The minimum absolute atomic E-state index is 0.0179. The third-order valence-corrected chi connectivity index (χ3v) is 7.00. The molecule has 7 nitrogen and oxygen atoms in total. The van der Waals surface area contributed by atoms with Crippen molar-refractivity contribution in [1.82, 2.24) is 19.4 Å². The van der Waals surface area contributed by atoms with Crippen LogP contribution in [0.4, 0.5) is 5.69 Å². The second kappa shape index (κ2) is 10.9. The Hall–Kier alpha value is -3.10. The van der Waals surface area contributed by atoms with Crippen LogP contribution < -0.4 is 5.32 Å². The van der Waals surface area contributed by atoms with E-state index in [0.29, 0.717) is 38.5 Å². The Balaban J connectivity index is 1.25. The maximum atomic E-state index is 12.8. The number of hydrogen-bond donors (Lipinski definition) is 1. The lowest BCUT2D eigenvalue weighted by Crippen LogP contribution is -2.51. The highest BCUT2D eigenvalue weighted by Crippen LogP contribution is 2.22. The predicted octanol–water partition coefficient (Wildman–Crippen LogP) is 3.67. The van der Waals surface area contributed by atoms with Gasteiger partial charge in [-0.25, -0.2) is 4.98 Å². The quantitative estimate of drug-likeness (QED) is 0.526. The van der Waals surface area contributed by atoms with Gasteiger partial charge in [-0.1, -0.05) is 42.1 Å². The highest BCUT2D eigenvalue weighted by molar-refractivity contribution is 7.99. The Morgan fingerprint density at radius 3 is 2.41 bits per heavy atom. The van der Waals surface area contributed by atoms with E-state index in [1.54, 1.807) is 6.20 Å². The molecule has 0 bridgehead atoms. The number of carbonyl (C=O) groups is 2. The Kier molecular flexibility index (Phi) is 7.70. The van der Waals surface area contributed by atoms with E-state index in [1.807, 2.05) is 59.8 Å². The summed E-state index contributed by atoms with van der Waals surface area (Å²) in [5.74, 6) is 0.426. The highest BCUT2D eigenvalue weighted by atomic mass is 32.2. The van der Waals surface area contributed by atoms with Gasteiger partial charge in [0.05, 0.1) is 12.3 Å². The van der Waals surface area contributed by atoms with Crippen molar-refractivity contribution >= 4 is 29.3 Å². The van der Waals surface area contributed by atoms with Gasteiger partial charge >= 0.3 is 0 Å². The van der Waals surface area contributed by atoms with Gasteiger partial charge in [-0.2, -0.15) is 0 Å². The first-order valence-electron chi connectivity index (χ1n) is 11.5. The number of amides is 2. The Morgan fingerprint density at radius 1 is 1.00 bits per heavy atom. The molecule has 1 saturated heterocycles. The molecule has 1 aromatic heterocycles. The number of hydrogen-bond acceptors (Lipinski definition) is 5. The summed E-state index contributed by atoms with van der Waals surface area (Å²) < 4.78 is 2.01. The number of thioether (sulfide) groups is 1. The number of nitrogens with one attached hydrogen (secondary N) is 1. The van der Waals surface area contributed by atoms with E-state index in [0.717, 1.165) is 27.7 Å². The monoisotopic (exact) mass is 477 g/mol. The number of piperazine rings is 1. The normalized spacial score (nSPS) is 14.3. The molecular formula is C26H31N5O2S. The van der Waals surface area contributed by atoms with Crippen LogP contribution in [0.1, 0.15) is 16.7 Å². The minimum atomic E-state index is -0.0179. The molecule has 3 aromatic rings. The first-order chi connectivity index (χ1) is 16.4. The third-order valence-electron chi connectivity index (χ3n) is 6.05. The topological polar surface area (TPSA) is 70.5 Å². The number of carbonyl (C=O) groups excluding carboxylic acids is 2. The van der Waals surface area contributed by atoms with Crippen molar-refractivity contribution in [3.63, 3.8) is 0 Å². The Labute approximate surface area is 205 Å².